The zero-order valence-electron chi connectivity index (χ0n) is 16.8. The van der Waals surface area contributed by atoms with Crippen molar-refractivity contribution in [2.45, 2.75) is 18.3 Å². The van der Waals surface area contributed by atoms with Crippen molar-refractivity contribution in [2.75, 3.05) is 17.7 Å². The Bertz CT molecular complexity index is 1090. The van der Waals surface area contributed by atoms with Gasteiger partial charge in [-0.2, -0.15) is 13.2 Å². The van der Waals surface area contributed by atoms with Gasteiger partial charge in [0.05, 0.1) is 23.6 Å². The maximum atomic E-state index is 13.3. The van der Waals surface area contributed by atoms with E-state index in [0.717, 1.165) is 17.8 Å². The SMILES string of the molecule is CCOC(=O)c1ccc(NC(=O)CSc2nc(-c3ccccc3)cc(C(F)(F)F)n2)cc1. The molecule has 0 saturated heterocycles. The summed E-state index contributed by atoms with van der Waals surface area (Å²) in [6.45, 7) is 1.94. The van der Waals surface area contributed by atoms with Crippen molar-refractivity contribution in [3.05, 3.63) is 71.9 Å². The van der Waals surface area contributed by atoms with Crippen LogP contribution in [0.15, 0.2) is 65.8 Å². The zero-order valence-corrected chi connectivity index (χ0v) is 17.7. The summed E-state index contributed by atoms with van der Waals surface area (Å²) in [6.07, 6.45) is -4.65. The summed E-state index contributed by atoms with van der Waals surface area (Å²) >= 11 is 0.793. The molecule has 1 N–H and O–H groups in total. The molecule has 0 unspecified atom stereocenters. The topological polar surface area (TPSA) is 81.2 Å². The second-order valence-corrected chi connectivity index (χ2v) is 7.36. The molecule has 1 heterocycles. The van der Waals surface area contributed by atoms with Crippen molar-refractivity contribution in [3.8, 4) is 11.3 Å². The van der Waals surface area contributed by atoms with Gasteiger partial charge in [-0.3, -0.25) is 4.79 Å². The van der Waals surface area contributed by atoms with Gasteiger partial charge in [0.1, 0.15) is 5.69 Å². The molecule has 0 aliphatic heterocycles. The van der Waals surface area contributed by atoms with Gasteiger partial charge in [0.25, 0.3) is 0 Å². The van der Waals surface area contributed by atoms with Crippen LogP contribution in [0, 0.1) is 0 Å². The van der Waals surface area contributed by atoms with E-state index in [1.165, 1.54) is 24.3 Å². The molecule has 10 heteroatoms. The smallest absolute Gasteiger partial charge is 0.433 e. The molecule has 166 valence electrons. The highest BCUT2D eigenvalue weighted by atomic mass is 32.2. The molecule has 0 bridgehead atoms. The number of nitrogens with zero attached hydrogens (tertiary/aromatic N) is 2. The number of carbonyl (C=O) groups is 2. The molecule has 3 aromatic rings. The van der Waals surface area contributed by atoms with Gasteiger partial charge in [0.15, 0.2) is 5.16 Å². The number of anilines is 1. The Morgan fingerprint density at radius 1 is 1.03 bits per heavy atom. The summed E-state index contributed by atoms with van der Waals surface area (Å²) in [5.41, 5.74) is 0.311. The molecule has 0 fully saturated rings. The van der Waals surface area contributed by atoms with Gasteiger partial charge in [0, 0.05) is 11.3 Å². The molecule has 6 nitrogen and oxygen atoms in total. The number of hydrogen-bond acceptors (Lipinski definition) is 6. The number of benzene rings is 2. The first-order chi connectivity index (χ1) is 15.3. The number of aromatic nitrogens is 2. The van der Waals surface area contributed by atoms with Gasteiger partial charge in [0.2, 0.25) is 5.91 Å². The Kier molecular flexibility index (Phi) is 7.47. The number of amides is 1. The van der Waals surface area contributed by atoms with E-state index in [2.05, 4.69) is 15.3 Å². The summed E-state index contributed by atoms with van der Waals surface area (Å²) in [6, 6.07) is 15.4. The number of hydrogen-bond donors (Lipinski definition) is 1. The third-order valence-electron chi connectivity index (χ3n) is 4.08. The normalized spacial score (nSPS) is 11.1. The lowest BCUT2D eigenvalue weighted by Crippen LogP contribution is -2.15. The van der Waals surface area contributed by atoms with Crippen molar-refractivity contribution in [2.24, 2.45) is 0 Å². The molecule has 0 atom stereocenters. The van der Waals surface area contributed by atoms with Crippen LogP contribution >= 0.6 is 11.8 Å². The number of halogens is 3. The standard InChI is InChI=1S/C22H18F3N3O3S/c1-2-31-20(30)15-8-10-16(11-9-15)26-19(29)13-32-21-27-17(14-6-4-3-5-7-14)12-18(28-21)22(23,24)25/h3-12H,2,13H2,1H3,(H,26,29). The van der Waals surface area contributed by atoms with E-state index in [9.17, 15) is 22.8 Å². The number of nitrogens with one attached hydrogen (secondary N) is 1. The van der Waals surface area contributed by atoms with Gasteiger partial charge in [-0.05, 0) is 37.3 Å². The predicted octanol–water partition coefficient (Wildman–Crippen LogP) is 5.07. The first-order valence-corrected chi connectivity index (χ1v) is 10.5. The minimum atomic E-state index is -4.65. The second kappa shape index (κ2) is 10.3. The highest BCUT2D eigenvalue weighted by molar-refractivity contribution is 7.99. The van der Waals surface area contributed by atoms with E-state index in [1.54, 1.807) is 37.3 Å². The second-order valence-electron chi connectivity index (χ2n) is 6.42. The van der Waals surface area contributed by atoms with Crippen LogP contribution in [0.2, 0.25) is 0 Å². The Morgan fingerprint density at radius 2 is 1.72 bits per heavy atom. The molecule has 0 aliphatic rings. The van der Waals surface area contributed by atoms with Gasteiger partial charge >= 0.3 is 12.1 Å². The number of ether oxygens (including phenoxy) is 1. The number of rotatable bonds is 7. The summed E-state index contributed by atoms with van der Waals surface area (Å²) < 4.78 is 44.7. The fourth-order valence-corrected chi connectivity index (χ4v) is 3.28. The van der Waals surface area contributed by atoms with Crippen LogP contribution in [-0.4, -0.2) is 34.2 Å². The molecule has 0 saturated carbocycles. The van der Waals surface area contributed by atoms with Crippen LogP contribution in [0.3, 0.4) is 0 Å². The van der Waals surface area contributed by atoms with Crippen LogP contribution < -0.4 is 5.32 Å². The van der Waals surface area contributed by atoms with Crippen molar-refractivity contribution >= 4 is 29.3 Å². The Labute approximate surface area is 186 Å². The van der Waals surface area contributed by atoms with Crippen molar-refractivity contribution in [1.29, 1.82) is 0 Å². The number of carbonyl (C=O) groups excluding carboxylic acids is 2. The number of thioether (sulfide) groups is 1. The van der Waals surface area contributed by atoms with Crippen molar-refractivity contribution in [3.63, 3.8) is 0 Å². The minimum Gasteiger partial charge on any atom is -0.462 e. The Hall–Kier alpha value is -3.40. The largest absolute Gasteiger partial charge is 0.462 e. The summed E-state index contributed by atoms with van der Waals surface area (Å²) in [7, 11) is 0. The number of alkyl halides is 3. The molecule has 0 radical (unpaired) electrons. The van der Waals surface area contributed by atoms with Crippen LogP contribution in [-0.2, 0) is 15.7 Å². The first-order valence-electron chi connectivity index (χ1n) is 9.48. The molecular formula is C22H18F3N3O3S. The van der Waals surface area contributed by atoms with E-state index in [-0.39, 0.29) is 23.2 Å². The van der Waals surface area contributed by atoms with Crippen LogP contribution in [0.5, 0.6) is 0 Å². The van der Waals surface area contributed by atoms with Crippen LogP contribution in [0.25, 0.3) is 11.3 Å². The Morgan fingerprint density at radius 3 is 2.34 bits per heavy atom. The highest BCUT2D eigenvalue weighted by Gasteiger charge is 2.34. The van der Waals surface area contributed by atoms with Gasteiger partial charge in [-0.1, -0.05) is 42.1 Å². The highest BCUT2D eigenvalue weighted by Crippen LogP contribution is 2.32. The molecule has 0 aliphatic carbocycles. The predicted molar refractivity (Wildman–Crippen MR) is 114 cm³/mol. The summed E-state index contributed by atoms with van der Waals surface area (Å²) in [5, 5.41) is 2.45. The summed E-state index contributed by atoms with van der Waals surface area (Å²) in [4.78, 5) is 31.6. The van der Waals surface area contributed by atoms with Crippen LogP contribution in [0.4, 0.5) is 18.9 Å². The van der Waals surface area contributed by atoms with E-state index < -0.39 is 23.7 Å². The fraction of sp³-hybridized carbons (Fsp3) is 0.182. The molecule has 32 heavy (non-hydrogen) atoms. The van der Waals surface area contributed by atoms with E-state index in [0.29, 0.717) is 16.8 Å². The van der Waals surface area contributed by atoms with Gasteiger partial charge in [-0.15, -0.1) is 0 Å². The molecular weight excluding hydrogens is 443 g/mol. The van der Waals surface area contributed by atoms with Gasteiger partial charge < -0.3 is 10.1 Å². The van der Waals surface area contributed by atoms with Crippen molar-refractivity contribution < 1.29 is 27.5 Å². The average molecular weight is 461 g/mol. The molecule has 1 aromatic heterocycles. The number of esters is 1. The molecule has 0 spiro atoms. The Balaban J connectivity index is 1.69. The third kappa shape index (κ3) is 6.30. The molecule has 3 rings (SSSR count). The lowest BCUT2D eigenvalue weighted by molar-refractivity contribution is -0.141. The minimum absolute atomic E-state index is 0.116. The van der Waals surface area contributed by atoms with E-state index in [1.807, 2.05) is 0 Å². The third-order valence-corrected chi connectivity index (χ3v) is 4.93. The van der Waals surface area contributed by atoms with Crippen LogP contribution in [0.1, 0.15) is 23.0 Å². The maximum absolute atomic E-state index is 13.3. The molecule has 2 aromatic carbocycles. The lowest BCUT2D eigenvalue weighted by atomic mass is 10.1. The average Bonchev–Trinajstić information content (AvgIpc) is 2.78. The van der Waals surface area contributed by atoms with E-state index in [4.69, 9.17) is 4.74 Å². The molecule has 1 amide bonds. The fourth-order valence-electron chi connectivity index (χ4n) is 2.62. The quantitative estimate of drug-likeness (QED) is 0.301. The maximum Gasteiger partial charge on any atom is 0.433 e. The zero-order chi connectivity index (χ0) is 23.1. The summed E-state index contributed by atoms with van der Waals surface area (Å²) in [5.74, 6) is -1.13. The lowest BCUT2D eigenvalue weighted by Gasteiger charge is -2.11. The van der Waals surface area contributed by atoms with Gasteiger partial charge in [-0.25, -0.2) is 14.8 Å². The first kappa shape index (κ1) is 23.3. The monoisotopic (exact) mass is 461 g/mol. The van der Waals surface area contributed by atoms with Crippen molar-refractivity contribution in [1.82, 2.24) is 9.97 Å². The van der Waals surface area contributed by atoms with E-state index >= 15 is 0 Å².